The summed E-state index contributed by atoms with van der Waals surface area (Å²) in [6, 6.07) is 0. The fourth-order valence-corrected chi connectivity index (χ4v) is 1.52. The minimum Gasteiger partial charge on any atom is -0.481 e. The summed E-state index contributed by atoms with van der Waals surface area (Å²) in [6.07, 6.45) is 1.83. The predicted molar refractivity (Wildman–Crippen MR) is 54.3 cm³/mol. The van der Waals surface area contributed by atoms with Gasteiger partial charge in [-0.05, 0) is 39.5 Å². The molecule has 4 heteroatoms. The highest BCUT2D eigenvalue weighted by molar-refractivity contribution is 5.79. The van der Waals surface area contributed by atoms with Gasteiger partial charge < -0.3 is 9.84 Å². The van der Waals surface area contributed by atoms with Crippen LogP contribution in [0.25, 0.3) is 0 Å². The molecule has 1 saturated carbocycles. The van der Waals surface area contributed by atoms with E-state index in [1.54, 1.807) is 20.8 Å². The summed E-state index contributed by atoms with van der Waals surface area (Å²) in [5.74, 6) is -1.68. The third-order valence-electron chi connectivity index (χ3n) is 2.31. The Kier molecular flexibility index (Phi) is 3.37. The van der Waals surface area contributed by atoms with Crippen LogP contribution in [0.2, 0.25) is 0 Å². The molecule has 0 aromatic heterocycles. The van der Waals surface area contributed by atoms with Gasteiger partial charge in [0.2, 0.25) is 0 Å². The molecule has 0 bridgehead atoms. The van der Waals surface area contributed by atoms with Crippen molar-refractivity contribution in [3.8, 4) is 0 Å². The molecule has 86 valence electrons. The van der Waals surface area contributed by atoms with E-state index in [1.807, 2.05) is 0 Å². The Balaban J connectivity index is 2.44. The van der Waals surface area contributed by atoms with Crippen LogP contribution in [0.15, 0.2) is 0 Å². The van der Waals surface area contributed by atoms with Crippen LogP contribution in [0.3, 0.4) is 0 Å². The topological polar surface area (TPSA) is 63.6 Å². The molecule has 0 amide bonds. The summed E-state index contributed by atoms with van der Waals surface area (Å²) in [4.78, 5) is 22.3. The monoisotopic (exact) mass is 214 g/mol. The fourth-order valence-electron chi connectivity index (χ4n) is 1.52. The van der Waals surface area contributed by atoms with Crippen LogP contribution in [0.4, 0.5) is 0 Å². The average Bonchev–Trinajstić information content (AvgIpc) is 2.78. The molecule has 0 radical (unpaired) electrons. The van der Waals surface area contributed by atoms with Gasteiger partial charge in [0.15, 0.2) is 0 Å². The van der Waals surface area contributed by atoms with Gasteiger partial charge in [-0.3, -0.25) is 9.59 Å². The molecule has 15 heavy (non-hydrogen) atoms. The number of ether oxygens (including phenoxy) is 1. The minimum atomic E-state index is -0.886. The first-order valence-electron chi connectivity index (χ1n) is 5.24. The van der Waals surface area contributed by atoms with Gasteiger partial charge in [-0.1, -0.05) is 0 Å². The van der Waals surface area contributed by atoms with Gasteiger partial charge in [0, 0.05) is 0 Å². The molecule has 0 saturated heterocycles. The molecule has 1 atom stereocenters. The van der Waals surface area contributed by atoms with E-state index in [1.165, 1.54) is 0 Å². The molecule has 1 N–H and O–H groups in total. The zero-order valence-corrected chi connectivity index (χ0v) is 9.45. The third-order valence-corrected chi connectivity index (χ3v) is 2.31. The number of aliphatic carboxylic acids is 1. The van der Waals surface area contributed by atoms with Crippen LogP contribution in [0.1, 0.15) is 40.0 Å². The van der Waals surface area contributed by atoms with Crippen molar-refractivity contribution in [2.75, 3.05) is 0 Å². The number of carbonyl (C=O) groups excluding carboxylic acids is 1. The second-order valence-corrected chi connectivity index (χ2v) is 5.07. The number of hydrogen-bond acceptors (Lipinski definition) is 3. The molecule has 1 aliphatic carbocycles. The molecule has 0 aromatic rings. The molecule has 0 heterocycles. The van der Waals surface area contributed by atoms with Gasteiger partial charge in [0.25, 0.3) is 0 Å². The van der Waals surface area contributed by atoms with E-state index in [4.69, 9.17) is 9.84 Å². The van der Waals surface area contributed by atoms with Crippen LogP contribution >= 0.6 is 0 Å². The van der Waals surface area contributed by atoms with Gasteiger partial charge in [0.1, 0.15) is 5.60 Å². The van der Waals surface area contributed by atoms with Crippen molar-refractivity contribution in [1.29, 1.82) is 0 Å². The van der Waals surface area contributed by atoms with E-state index in [0.717, 1.165) is 12.8 Å². The van der Waals surface area contributed by atoms with Gasteiger partial charge in [0.05, 0.1) is 12.3 Å². The number of rotatable bonds is 4. The van der Waals surface area contributed by atoms with E-state index in [9.17, 15) is 9.59 Å². The first kappa shape index (κ1) is 12.0. The molecule has 4 nitrogen and oxygen atoms in total. The maximum atomic E-state index is 11.4. The summed E-state index contributed by atoms with van der Waals surface area (Å²) in [6.45, 7) is 5.33. The lowest BCUT2D eigenvalue weighted by Crippen LogP contribution is -2.28. The summed E-state index contributed by atoms with van der Waals surface area (Å²) in [7, 11) is 0. The van der Waals surface area contributed by atoms with Crippen LogP contribution in [0, 0.1) is 11.8 Å². The number of hydrogen-bond donors (Lipinski definition) is 1. The van der Waals surface area contributed by atoms with Gasteiger partial charge in [-0.25, -0.2) is 0 Å². The smallest absolute Gasteiger partial charge is 0.307 e. The van der Waals surface area contributed by atoms with Crippen LogP contribution in [0.5, 0.6) is 0 Å². The third kappa shape index (κ3) is 4.32. The zero-order chi connectivity index (χ0) is 11.6. The molecule has 1 rings (SSSR count). The number of carboxylic acids is 1. The van der Waals surface area contributed by atoms with Crippen molar-refractivity contribution in [1.82, 2.24) is 0 Å². The summed E-state index contributed by atoms with van der Waals surface area (Å²) in [5.41, 5.74) is -0.538. The molecule has 0 spiro atoms. The van der Waals surface area contributed by atoms with E-state index >= 15 is 0 Å². The molecular weight excluding hydrogens is 196 g/mol. The molecule has 0 aromatic carbocycles. The molecule has 1 fully saturated rings. The van der Waals surface area contributed by atoms with Crippen LogP contribution in [-0.4, -0.2) is 22.6 Å². The second kappa shape index (κ2) is 4.21. The lowest BCUT2D eigenvalue weighted by molar-refractivity contribution is -0.160. The molecule has 0 unspecified atom stereocenters. The average molecular weight is 214 g/mol. The number of carboxylic acid groups (broad SMARTS) is 1. The fraction of sp³-hybridized carbons (Fsp3) is 0.818. The molecule has 1 aliphatic rings. The Morgan fingerprint density at radius 2 is 1.93 bits per heavy atom. The summed E-state index contributed by atoms with van der Waals surface area (Å²) in [5, 5.41) is 8.92. The van der Waals surface area contributed by atoms with E-state index in [-0.39, 0.29) is 12.3 Å². The maximum absolute atomic E-state index is 11.4. The Hall–Kier alpha value is -1.06. The Morgan fingerprint density at radius 3 is 2.27 bits per heavy atom. The van der Waals surface area contributed by atoms with Crippen LogP contribution < -0.4 is 0 Å². The molecule has 0 aliphatic heterocycles. The summed E-state index contributed by atoms with van der Waals surface area (Å²) < 4.78 is 5.09. The van der Waals surface area contributed by atoms with E-state index in [0.29, 0.717) is 0 Å². The maximum Gasteiger partial charge on any atom is 0.307 e. The number of carbonyl (C=O) groups is 2. The highest BCUT2D eigenvalue weighted by Crippen LogP contribution is 2.39. The Morgan fingerprint density at radius 1 is 1.40 bits per heavy atom. The van der Waals surface area contributed by atoms with Crippen molar-refractivity contribution in [2.45, 2.75) is 45.6 Å². The molecular formula is C11H18O4. The normalized spacial score (nSPS) is 18.3. The SMILES string of the molecule is CC(C)(C)OC(=O)C[C@H](C(=O)O)C1CC1. The quantitative estimate of drug-likeness (QED) is 0.725. The highest BCUT2D eigenvalue weighted by Gasteiger charge is 2.38. The van der Waals surface area contributed by atoms with Crippen molar-refractivity contribution < 1.29 is 19.4 Å². The predicted octanol–water partition coefficient (Wildman–Crippen LogP) is 1.83. The van der Waals surface area contributed by atoms with Gasteiger partial charge in [-0.15, -0.1) is 0 Å². The van der Waals surface area contributed by atoms with E-state index < -0.39 is 23.5 Å². The lowest BCUT2D eigenvalue weighted by atomic mass is 10.00. The van der Waals surface area contributed by atoms with E-state index in [2.05, 4.69) is 0 Å². The van der Waals surface area contributed by atoms with Crippen molar-refractivity contribution in [2.24, 2.45) is 11.8 Å². The first-order valence-corrected chi connectivity index (χ1v) is 5.24. The largest absolute Gasteiger partial charge is 0.481 e. The second-order valence-electron chi connectivity index (χ2n) is 5.07. The van der Waals surface area contributed by atoms with Crippen molar-refractivity contribution in [3.05, 3.63) is 0 Å². The lowest BCUT2D eigenvalue weighted by Gasteiger charge is -2.20. The zero-order valence-electron chi connectivity index (χ0n) is 9.45. The Labute approximate surface area is 89.6 Å². The first-order chi connectivity index (χ1) is 6.79. The Bertz CT molecular complexity index is 260. The summed E-state index contributed by atoms with van der Waals surface area (Å²) >= 11 is 0. The number of esters is 1. The van der Waals surface area contributed by atoms with Crippen LogP contribution in [-0.2, 0) is 14.3 Å². The standard InChI is InChI=1S/C11H18O4/c1-11(2,3)15-9(12)6-8(10(13)14)7-4-5-7/h7-8H,4-6H2,1-3H3,(H,13,14)/t8-/m0/s1. The van der Waals surface area contributed by atoms with Crippen molar-refractivity contribution >= 4 is 11.9 Å². The minimum absolute atomic E-state index is 0.00271. The van der Waals surface area contributed by atoms with Gasteiger partial charge >= 0.3 is 11.9 Å². The van der Waals surface area contributed by atoms with Gasteiger partial charge in [-0.2, -0.15) is 0 Å². The highest BCUT2D eigenvalue weighted by atomic mass is 16.6. The van der Waals surface area contributed by atoms with Crippen molar-refractivity contribution in [3.63, 3.8) is 0 Å².